The summed E-state index contributed by atoms with van der Waals surface area (Å²) in [5.41, 5.74) is 0.939. The lowest BCUT2D eigenvalue weighted by Crippen LogP contribution is -2.28. The van der Waals surface area contributed by atoms with Crippen LogP contribution >= 0.6 is 11.6 Å². The number of halogens is 1. The summed E-state index contributed by atoms with van der Waals surface area (Å²) in [7, 11) is 2.04. The molecular weight excluding hydrogens is 246 g/mol. The second-order valence-electron chi connectivity index (χ2n) is 5.27. The molecule has 0 spiro atoms. The highest BCUT2D eigenvalue weighted by Gasteiger charge is 2.34. The Bertz CT molecular complexity index is 563. The van der Waals surface area contributed by atoms with Crippen LogP contribution in [0.5, 0.6) is 0 Å². The molecule has 0 aliphatic heterocycles. The topological polar surface area (TPSA) is 25.2 Å². The van der Waals surface area contributed by atoms with Crippen LogP contribution in [-0.2, 0) is 0 Å². The van der Waals surface area contributed by atoms with Gasteiger partial charge in [-0.1, -0.05) is 18.5 Å². The Balaban J connectivity index is 1.95. The molecule has 1 saturated carbocycles. The Morgan fingerprint density at radius 3 is 2.83 bits per heavy atom. The van der Waals surface area contributed by atoms with Gasteiger partial charge in [-0.25, -0.2) is 0 Å². The number of hydrogen-bond acceptors (Lipinski definition) is 2. The van der Waals surface area contributed by atoms with Crippen LogP contribution in [0, 0.1) is 5.92 Å². The zero-order valence-electron chi connectivity index (χ0n) is 10.7. The molecule has 96 valence electrons. The highest BCUT2D eigenvalue weighted by Crippen LogP contribution is 2.41. The summed E-state index contributed by atoms with van der Waals surface area (Å²) in [5, 5.41) is 5.27. The van der Waals surface area contributed by atoms with E-state index in [1.54, 1.807) is 0 Å². The molecule has 18 heavy (non-hydrogen) atoms. The normalized spacial score (nSPS) is 28.1. The van der Waals surface area contributed by atoms with Crippen LogP contribution in [0.3, 0.4) is 0 Å². The SMILES string of the molecule is CNC1CCC(c2cc3cc(Cl)ccc3o2)C1C. The highest BCUT2D eigenvalue weighted by molar-refractivity contribution is 6.31. The largest absolute Gasteiger partial charge is 0.461 e. The van der Waals surface area contributed by atoms with Crippen molar-refractivity contribution in [1.29, 1.82) is 0 Å². The first-order chi connectivity index (χ1) is 8.69. The molecule has 0 bridgehead atoms. The van der Waals surface area contributed by atoms with Crippen LogP contribution < -0.4 is 5.32 Å². The van der Waals surface area contributed by atoms with Gasteiger partial charge in [-0.2, -0.15) is 0 Å². The van der Waals surface area contributed by atoms with Crippen molar-refractivity contribution in [3.05, 3.63) is 35.0 Å². The third kappa shape index (κ3) is 1.94. The van der Waals surface area contributed by atoms with Gasteiger partial charge < -0.3 is 9.73 Å². The van der Waals surface area contributed by atoms with Gasteiger partial charge in [-0.3, -0.25) is 0 Å². The van der Waals surface area contributed by atoms with E-state index in [4.69, 9.17) is 16.0 Å². The summed E-state index contributed by atoms with van der Waals surface area (Å²) < 4.78 is 5.98. The van der Waals surface area contributed by atoms with Crippen LogP contribution in [-0.4, -0.2) is 13.1 Å². The number of furan rings is 1. The Morgan fingerprint density at radius 1 is 1.28 bits per heavy atom. The smallest absolute Gasteiger partial charge is 0.134 e. The third-order valence-corrected chi connectivity index (χ3v) is 4.53. The summed E-state index contributed by atoms with van der Waals surface area (Å²) in [6.45, 7) is 2.30. The Hall–Kier alpha value is -0.990. The molecule has 1 aliphatic rings. The second-order valence-corrected chi connectivity index (χ2v) is 5.71. The minimum Gasteiger partial charge on any atom is -0.461 e. The molecule has 1 aromatic carbocycles. The van der Waals surface area contributed by atoms with Crippen molar-refractivity contribution in [2.45, 2.75) is 31.7 Å². The molecular formula is C15H18ClNO. The van der Waals surface area contributed by atoms with Crippen molar-refractivity contribution in [3.63, 3.8) is 0 Å². The average Bonchev–Trinajstić information content (AvgIpc) is 2.91. The van der Waals surface area contributed by atoms with E-state index >= 15 is 0 Å². The molecule has 3 atom stereocenters. The van der Waals surface area contributed by atoms with Crippen molar-refractivity contribution < 1.29 is 4.42 Å². The molecule has 0 amide bonds. The zero-order valence-corrected chi connectivity index (χ0v) is 11.5. The lowest BCUT2D eigenvalue weighted by molar-refractivity contribution is 0.387. The molecule has 3 heteroatoms. The molecule has 3 rings (SSSR count). The zero-order chi connectivity index (χ0) is 12.7. The van der Waals surface area contributed by atoms with Crippen LogP contribution in [0.4, 0.5) is 0 Å². The number of hydrogen-bond donors (Lipinski definition) is 1. The number of fused-ring (bicyclic) bond motifs is 1. The molecule has 1 N–H and O–H groups in total. The van der Waals surface area contributed by atoms with Gasteiger partial charge in [0.05, 0.1) is 0 Å². The summed E-state index contributed by atoms with van der Waals surface area (Å²) in [4.78, 5) is 0. The molecule has 2 aromatic rings. The fourth-order valence-corrected chi connectivity index (χ4v) is 3.37. The van der Waals surface area contributed by atoms with Gasteiger partial charge in [0.25, 0.3) is 0 Å². The highest BCUT2D eigenvalue weighted by atomic mass is 35.5. The third-order valence-electron chi connectivity index (χ3n) is 4.29. The van der Waals surface area contributed by atoms with Gasteiger partial charge in [0.2, 0.25) is 0 Å². The van der Waals surface area contributed by atoms with Crippen LogP contribution in [0.1, 0.15) is 31.4 Å². The van der Waals surface area contributed by atoms with E-state index in [1.807, 2.05) is 25.2 Å². The maximum atomic E-state index is 6.01. The van der Waals surface area contributed by atoms with E-state index in [0.29, 0.717) is 17.9 Å². The molecule has 3 unspecified atom stereocenters. The van der Waals surface area contributed by atoms with Gasteiger partial charge in [0.1, 0.15) is 11.3 Å². The molecule has 0 saturated heterocycles. The minimum atomic E-state index is 0.522. The first-order valence-corrected chi connectivity index (χ1v) is 6.93. The average molecular weight is 264 g/mol. The van der Waals surface area contributed by atoms with E-state index in [2.05, 4.69) is 18.3 Å². The predicted molar refractivity (Wildman–Crippen MR) is 75.2 cm³/mol. The van der Waals surface area contributed by atoms with Crippen LogP contribution in [0.2, 0.25) is 5.02 Å². The maximum absolute atomic E-state index is 6.01. The molecule has 1 aromatic heterocycles. The van der Waals surface area contributed by atoms with Crippen molar-refractivity contribution >= 4 is 22.6 Å². The summed E-state index contributed by atoms with van der Waals surface area (Å²) in [5.74, 6) is 2.25. The molecule has 2 nitrogen and oxygen atoms in total. The molecule has 1 aliphatic carbocycles. The first-order valence-electron chi connectivity index (χ1n) is 6.55. The quantitative estimate of drug-likeness (QED) is 0.879. The van der Waals surface area contributed by atoms with Crippen molar-refractivity contribution in [2.75, 3.05) is 7.05 Å². The van der Waals surface area contributed by atoms with Crippen molar-refractivity contribution in [2.24, 2.45) is 5.92 Å². The van der Waals surface area contributed by atoms with Crippen molar-refractivity contribution in [3.8, 4) is 0 Å². The van der Waals surface area contributed by atoms with E-state index in [1.165, 1.54) is 12.8 Å². The fourth-order valence-electron chi connectivity index (χ4n) is 3.19. The second kappa shape index (κ2) is 4.60. The summed E-state index contributed by atoms with van der Waals surface area (Å²) in [6, 6.07) is 8.56. The van der Waals surface area contributed by atoms with Crippen LogP contribution in [0.15, 0.2) is 28.7 Å². The lowest BCUT2D eigenvalue weighted by atomic mass is 9.93. The van der Waals surface area contributed by atoms with Crippen LogP contribution in [0.25, 0.3) is 11.0 Å². The Morgan fingerprint density at radius 2 is 2.11 bits per heavy atom. The number of benzene rings is 1. The van der Waals surface area contributed by atoms with Gasteiger partial charge in [0.15, 0.2) is 0 Å². The van der Waals surface area contributed by atoms with Gasteiger partial charge in [-0.05, 0) is 50.1 Å². The Kier molecular flexibility index (Phi) is 3.08. The maximum Gasteiger partial charge on any atom is 0.134 e. The van der Waals surface area contributed by atoms with Crippen molar-refractivity contribution in [1.82, 2.24) is 5.32 Å². The van der Waals surface area contributed by atoms with E-state index in [-0.39, 0.29) is 0 Å². The molecule has 1 fully saturated rings. The van der Waals surface area contributed by atoms with Gasteiger partial charge >= 0.3 is 0 Å². The standard InChI is InChI=1S/C15H18ClNO/c1-9-12(4-5-13(9)17-2)15-8-10-7-11(16)3-6-14(10)18-15/h3,6-9,12-13,17H,4-5H2,1-2H3. The monoisotopic (exact) mass is 263 g/mol. The fraction of sp³-hybridized carbons (Fsp3) is 0.467. The molecule has 0 radical (unpaired) electrons. The van der Waals surface area contributed by atoms with Gasteiger partial charge in [0, 0.05) is 22.4 Å². The number of rotatable bonds is 2. The van der Waals surface area contributed by atoms with E-state index < -0.39 is 0 Å². The Labute approximate surface area is 112 Å². The first kappa shape index (κ1) is 12.1. The lowest BCUT2D eigenvalue weighted by Gasteiger charge is -2.18. The van der Waals surface area contributed by atoms with E-state index in [9.17, 15) is 0 Å². The minimum absolute atomic E-state index is 0.522. The predicted octanol–water partition coefficient (Wildman–Crippen LogP) is 4.19. The van der Waals surface area contributed by atoms with E-state index in [0.717, 1.165) is 21.8 Å². The number of nitrogens with one attached hydrogen (secondary N) is 1. The van der Waals surface area contributed by atoms with Gasteiger partial charge in [-0.15, -0.1) is 0 Å². The molecule has 1 heterocycles. The summed E-state index contributed by atoms with van der Waals surface area (Å²) >= 11 is 6.01. The summed E-state index contributed by atoms with van der Waals surface area (Å²) in [6.07, 6.45) is 2.42.